The second-order valence-electron chi connectivity index (χ2n) is 19.4. The molecule has 9 N–H and O–H groups in total. The molecule has 69 heavy (non-hydrogen) atoms. The Hall–Kier alpha value is -5.34. The Bertz CT molecular complexity index is 2080. The molecule has 1 aliphatic rings. The van der Waals surface area contributed by atoms with Crippen LogP contribution < -0.4 is 27.0 Å². The number of nitrogens with zero attached hydrogens (tertiary/aromatic N) is 2. The van der Waals surface area contributed by atoms with Gasteiger partial charge in [-0.3, -0.25) is 33.6 Å². The normalized spacial score (nSPS) is 16.1. The number of nitrogens with one attached hydrogen (secondary N) is 5. The van der Waals surface area contributed by atoms with E-state index in [4.69, 9.17) is 5.73 Å². The number of benzene rings is 1. The summed E-state index contributed by atoms with van der Waals surface area (Å²) < 4.78 is 0.827. The number of hydrogen-bond donors (Lipinski definition) is 8. The maximum atomic E-state index is 14.4. The first-order valence-corrected chi connectivity index (χ1v) is 24.6. The lowest BCUT2D eigenvalue weighted by atomic mass is 9.70. The quantitative estimate of drug-likeness (QED) is 0.0505. The molecule has 1 aliphatic heterocycles. The van der Waals surface area contributed by atoms with E-state index < -0.39 is 101 Å². The molecule has 382 valence electrons. The molecule has 6 atom stereocenters. The first-order valence-electron chi connectivity index (χ1n) is 23.8. The molecule has 19 nitrogen and oxygen atoms in total. The van der Waals surface area contributed by atoms with Crippen molar-refractivity contribution in [2.75, 3.05) is 26.2 Å². The molecule has 0 radical (unpaired) electrons. The number of H-pyrrole nitrogens is 1. The summed E-state index contributed by atoms with van der Waals surface area (Å²) in [6.45, 7) is 9.38. The van der Waals surface area contributed by atoms with Crippen LogP contribution in [-0.4, -0.2) is 128 Å². The number of hydrogen-bond acceptors (Lipinski definition) is 12. The lowest BCUT2D eigenvalue weighted by Crippen LogP contribution is -2.55. The van der Waals surface area contributed by atoms with E-state index in [-0.39, 0.29) is 56.6 Å². The van der Waals surface area contributed by atoms with Gasteiger partial charge in [-0.05, 0) is 69.7 Å². The fourth-order valence-corrected chi connectivity index (χ4v) is 9.09. The van der Waals surface area contributed by atoms with E-state index in [0.29, 0.717) is 56.3 Å². The third-order valence-electron chi connectivity index (χ3n) is 12.5. The lowest BCUT2D eigenvalue weighted by Gasteiger charge is -2.36. The molecule has 1 aromatic heterocycles. The fourth-order valence-electron chi connectivity index (χ4n) is 8.83. The van der Waals surface area contributed by atoms with E-state index in [1.807, 2.05) is 6.92 Å². The standard InChI is InChI=1S/C49H73BrN8O11/c1-7-8-13-36(42(63)48(3,4)28-49(5,6)47(69)57-38(46(67)68)22-31-15-17-34(50)18-16-31)55-45(66)39-14-11-20-58(39)41(62)26-53-43(64)32(12-9-10-19-51)23-40(61)37(24-35-25-52-29-54-35)56-44(65)33(27-59)21-30(2)60/h15-18,25,29,32-33,36-39,59H,7-14,19-24,26-28,51H2,1-6H3,(H,52,54)(H,53,64)(H,55,66)(H,56,65)(H,57,69)(H,67,68)/t32-,33+,36+,37+,38+,39?/m1/s1. The van der Waals surface area contributed by atoms with Gasteiger partial charge in [-0.15, -0.1) is 0 Å². The summed E-state index contributed by atoms with van der Waals surface area (Å²) in [5.74, 6) is -7.21. The van der Waals surface area contributed by atoms with Crippen molar-refractivity contribution in [3.63, 3.8) is 0 Å². The third kappa shape index (κ3) is 18.5. The van der Waals surface area contributed by atoms with Crippen LogP contribution in [0.2, 0.25) is 0 Å². The molecular weight excluding hydrogens is 956 g/mol. The summed E-state index contributed by atoms with van der Waals surface area (Å²) in [7, 11) is 0. The summed E-state index contributed by atoms with van der Waals surface area (Å²) in [5, 5.41) is 30.6. The maximum Gasteiger partial charge on any atom is 0.326 e. The summed E-state index contributed by atoms with van der Waals surface area (Å²) in [5.41, 5.74) is 4.61. The van der Waals surface area contributed by atoms with E-state index in [1.165, 1.54) is 24.3 Å². The van der Waals surface area contributed by atoms with Crippen molar-refractivity contribution >= 4 is 68.8 Å². The number of carbonyl (C=O) groups excluding carboxylic acids is 8. The minimum atomic E-state index is -1.21. The van der Waals surface area contributed by atoms with Gasteiger partial charge in [-0.1, -0.05) is 81.9 Å². The fraction of sp³-hybridized carbons (Fsp3) is 0.633. The number of aliphatic hydroxyl groups excluding tert-OH is 1. The molecule has 0 bridgehead atoms. The monoisotopic (exact) mass is 1030 g/mol. The van der Waals surface area contributed by atoms with Crippen molar-refractivity contribution in [2.45, 2.75) is 149 Å². The molecule has 1 unspecified atom stereocenters. The predicted octanol–water partition coefficient (Wildman–Crippen LogP) is 3.10. The molecule has 2 aromatic rings. The van der Waals surface area contributed by atoms with Crippen molar-refractivity contribution in [1.29, 1.82) is 0 Å². The van der Waals surface area contributed by atoms with Gasteiger partial charge < -0.3 is 51.9 Å². The lowest BCUT2D eigenvalue weighted by molar-refractivity contribution is -0.145. The number of amides is 5. The number of imidazole rings is 1. The number of carbonyl (C=O) groups is 9. The third-order valence-corrected chi connectivity index (χ3v) is 13.1. The number of carboxylic acid groups (broad SMARTS) is 1. The molecule has 1 fully saturated rings. The Morgan fingerprint density at radius 2 is 1.57 bits per heavy atom. The Balaban J connectivity index is 1.70. The molecule has 0 aliphatic carbocycles. The van der Waals surface area contributed by atoms with Gasteiger partial charge in [0.15, 0.2) is 11.6 Å². The smallest absolute Gasteiger partial charge is 0.326 e. The average molecular weight is 1030 g/mol. The van der Waals surface area contributed by atoms with Gasteiger partial charge in [-0.2, -0.15) is 0 Å². The van der Waals surface area contributed by atoms with Gasteiger partial charge in [0.2, 0.25) is 29.5 Å². The number of unbranched alkanes of at least 4 members (excludes halogenated alkanes) is 2. The van der Waals surface area contributed by atoms with Gasteiger partial charge in [0, 0.05) is 65.3 Å². The zero-order chi connectivity index (χ0) is 51.5. The molecule has 1 saturated heterocycles. The topological polar surface area (TPSA) is 300 Å². The van der Waals surface area contributed by atoms with E-state index in [2.05, 4.69) is 47.2 Å². The van der Waals surface area contributed by atoms with Gasteiger partial charge >= 0.3 is 5.97 Å². The van der Waals surface area contributed by atoms with E-state index in [9.17, 15) is 53.4 Å². The number of likely N-dealkylation sites (tertiary alicyclic amines) is 1. The summed E-state index contributed by atoms with van der Waals surface area (Å²) in [4.78, 5) is 129. The number of rotatable bonds is 31. The van der Waals surface area contributed by atoms with Gasteiger partial charge in [0.05, 0.1) is 37.5 Å². The van der Waals surface area contributed by atoms with Crippen molar-refractivity contribution in [3.8, 4) is 0 Å². The number of aliphatic carboxylic acids is 1. The highest BCUT2D eigenvalue weighted by Crippen LogP contribution is 2.36. The van der Waals surface area contributed by atoms with Crippen LogP contribution in [0.4, 0.5) is 0 Å². The number of halogens is 1. The van der Waals surface area contributed by atoms with Gasteiger partial charge in [0.25, 0.3) is 0 Å². The minimum absolute atomic E-state index is 0.00229. The van der Waals surface area contributed by atoms with Crippen LogP contribution in [0.15, 0.2) is 41.3 Å². The summed E-state index contributed by atoms with van der Waals surface area (Å²) in [6, 6.07) is 2.86. The Labute approximate surface area is 413 Å². The Morgan fingerprint density at radius 1 is 0.870 bits per heavy atom. The highest BCUT2D eigenvalue weighted by molar-refractivity contribution is 9.10. The first kappa shape index (κ1) is 58.0. The molecule has 1 aromatic carbocycles. The first-order chi connectivity index (χ1) is 32.5. The number of aromatic amines is 1. The highest BCUT2D eigenvalue weighted by atomic mass is 79.9. The van der Waals surface area contributed by atoms with Crippen LogP contribution >= 0.6 is 15.9 Å². The predicted molar refractivity (Wildman–Crippen MR) is 260 cm³/mol. The van der Waals surface area contributed by atoms with E-state index in [0.717, 1.165) is 10.9 Å². The second kappa shape index (κ2) is 27.7. The summed E-state index contributed by atoms with van der Waals surface area (Å²) >= 11 is 3.36. The SMILES string of the molecule is CCCC[C@H](NC(=O)C1CCCN1C(=O)CNC(=O)[C@H](CCCCN)CC(=O)[C@H](Cc1cnc[nH]1)NC(=O)[C@H](CO)CC(C)=O)C(=O)C(C)(C)CC(C)(C)C(=O)N[C@@H](Cc1ccc(Br)cc1)C(=O)O. The zero-order valence-electron chi connectivity index (χ0n) is 40.9. The summed E-state index contributed by atoms with van der Waals surface area (Å²) in [6.07, 6.45) is 6.16. The molecule has 0 spiro atoms. The number of carboxylic acids is 1. The Kier molecular flexibility index (Phi) is 23.3. The minimum Gasteiger partial charge on any atom is -0.480 e. The van der Waals surface area contributed by atoms with Crippen LogP contribution in [-0.2, 0) is 56.0 Å². The molecule has 3 rings (SSSR count). The number of ketones is 3. The van der Waals surface area contributed by atoms with E-state index >= 15 is 0 Å². The van der Waals surface area contributed by atoms with Gasteiger partial charge in [-0.25, -0.2) is 9.78 Å². The number of Topliss-reactive ketones (excluding diaryl/α,β-unsaturated/α-hetero) is 3. The van der Waals surface area contributed by atoms with Crippen molar-refractivity contribution in [2.24, 2.45) is 28.4 Å². The molecule has 0 saturated carbocycles. The average Bonchev–Trinajstić information content (AvgIpc) is 4.01. The largest absolute Gasteiger partial charge is 0.480 e. The van der Waals surface area contributed by atoms with Crippen LogP contribution in [0.5, 0.6) is 0 Å². The maximum absolute atomic E-state index is 14.4. The van der Waals surface area contributed by atoms with Crippen molar-refractivity contribution < 1.29 is 53.4 Å². The number of aliphatic hydroxyl groups is 1. The van der Waals surface area contributed by atoms with E-state index in [1.54, 1.807) is 52.0 Å². The number of aromatic nitrogens is 2. The molecule has 20 heteroatoms. The van der Waals surface area contributed by atoms with Gasteiger partial charge in [0.1, 0.15) is 17.9 Å². The van der Waals surface area contributed by atoms with Crippen LogP contribution in [0.3, 0.4) is 0 Å². The van der Waals surface area contributed by atoms with Crippen LogP contribution in [0.25, 0.3) is 0 Å². The zero-order valence-corrected chi connectivity index (χ0v) is 42.5. The molecule has 5 amide bonds. The highest BCUT2D eigenvalue weighted by Gasteiger charge is 2.44. The van der Waals surface area contributed by atoms with Crippen molar-refractivity contribution in [1.82, 2.24) is 36.1 Å². The molecular formula is C49H73BrN8O11. The van der Waals surface area contributed by atoms with Crippen LogP contribution in [0, 0.1) is 22.7 Å². The molecule has 2 heterocycles. The Morgan fingerprint density at radius 3 is 2.16 bits per heavy atom. The number of nitrogens with two attached hydrogens (primary N) is 1. The van der Waals surface area contributed by atoms with Crippen molar-refractivity contribution in [3.05, 3.63) is 52.5 Å². The van der Waals surface area contributed by atoms with Crippen LogP contribution in [0.1, 0.15) is 123 Å². The second-order valence-corrected chi connectivity index (χ2v) is 20.4.